The number of nitrogens with two attached hydrogens (primary N) is 1. The molecule has 26 heavy (non-hydrogen) atoms. The van der Waals surface area contributed by atoms with Crippen molar-refractivity contribution in [1.29, 1.82) is 0 Å². The molecule has 0 saturated heterocycles. The number of benzene rings is 2. The minimum Gasteiger partial charge on any atom is -0.453 e. The number of hydrogen-bond donors (Lipinski definition) is 2. The normalized spacial score (nSPS) is 11.7. The van der Waals surface area contributed by atoms with E-state index in [-0.39, 0.29) is 18.3 Å². The first-order valence-corrected chi connectivity index (χ1v) is 7.80. The van der Waals surface area contributed by atoms with E-state index in [2.05, 4.69) is 14.8 Å². The molecule has 0 fully saturated rings. The SMILES string of the molecule is COC(=O)NC(=O)C[NH2+][C@@H](c1ccccc1)c1ccc(OC(F)F)cc1. The van der Waals surface area contributed by atoms with E-state index in [9.17, 15) is 18.4 Å². The molecule has 8 heteroatoms. The number of hydrogen-bond acceptors (Lipinski definition) is 4. The predicted molar refractivity (Wildman–Crippen MR) is 88.7 cm³/mol. The van der Waals surface area contributed by atoms with Crippen LogP contribution in [-0.2, 0) is 9.53 Å². The lowest BCUT2D eigenvalue weighted by molar-refractivity contribution is -0.676. The second kappa shape index (κ2) is 9.47. The maximum Gasteiger partial charge on any atom is 0.413 e. The van der Waals surface area contributed by atoms with Gasteiger partial charge in [-0.25, -0.2) is 4.79 Å². The van der Waals surface area contributed by atoms with Gasteiger partial charge in [-0.2, -0.15) is 8.78 Å². The molecular formula is C18H19F2N2O4+. The van der Waals surface area contributed by atoms with Crippen LogP contribution in [0.25, 0.3) is 0 Å². The van der Waals surface area contributed by atoms with Crippen LogP contribution in [0, 0.1) is 0 Å². The highest BCUT2D eigenvalue weighted by molar-refractivity contribution is 5.92. The number of rotatable bonds is 7. The summed E-state index contributed by atoms with van der Waals surface area (Å²) in [5.41, 5.74) is 1.71. The Kier molecular flexibility index (Phi) is 7.04. The molecule has 0 saturated carbocycles. The van der Waals surface area contributed by atoms with Crippen molar-refractivity contribution < 1.29 is 33.2 Å². The molecule has 0 aliphatic heterocycles. The number of halogens is 2. The van der Waals surface area contributed by atoms with Crippen LogP contribution in [0.3, 0.4) is 0 Å². The Balaban J connectivity index is 2.14. The summed E-state index contributed by atoms with van der Waals surface area (Å²) in [6.45, 7) is -2.91. The molecule has 0 aromatic heterocycles. The van der Waals surface area contributed by atoms with Gasteiger partial charge in [0.15, 0.2) is 6.54 Å². The highest BCUT2D eigenvalue weighted by atomic mass is 19.3. The van der Waals surface area contributed by atoms with Crippen molar-refractivity contribution in [3.8, 4) is 5.75 Å². The van der Waals surface area contributed by atoms with Gasteiger partial charge >= 0.3 is 12.7 Å². The van der Waals surface area contributed by atoms with Gasteiger partial charge in [0.2, 0.25) is 0 Å². The third-order valence-electron chi connectivity index (χ3n) is 3.59. The molecule has 0 unspecified atom stereocenters. The molecule has 0 aliphatic rings. The lowest BCUT2D eigenvalue weighted by Crippen LogP contribution is -2.87. The van der Waals surface area contributed by atoms with Gasteiger partial charge in [-0.15, -0.1) is 0 Å². The van der Waals surface area contributed by atoms with E-state index in [1.165, 1.54) is 19.2 Å². The molecule has 0 radical (unpaired) electrons. The molecule has 0 heterocycles. The highest BCUT2D eigenvalue weighted by Gasteiger charge is 2.20. The zero-order valence-electron chi connectivity index (χ0n) is 14.0. The molecule has 3 N–H and O–H groups in total. The molecule has 6 nitrogen and oxygen atoms in total. The molecule has 2 aromatic rings. The van der Waals surface area contributed by atoms with Crippen molar-refractivity contribution in [2.75, 3.05) is 13.7 Å². The minimum atomic E-state index is -2.89. The van der Waals surface area contributed by atoms with Gasteiger partial charge in [0.1, 0.15) is 11.8 Å². The largest absolute Gasteiger partial charge is 0.453 e. The Bertz CT molecular complexity index is 724. The van der Waals surface area contributed by atoms with E-state index in [0.29, 0.717) is 0 Å². The number of amides is 2. The molecule has 2 rings (SSSR count). The van der Waals surface area contributed by atoms with Crippen molar-refractivity contribution in [3.05, 3.63) is 65.7 Å². The van der Waals surface area contributed by atoms with Crippen LogP contribution in [0.4, 0.5) is 13.6 Å². The topological polar surface area (TPSA) is 81.2 Å². The summed E-state index contributed by atoms with van der Waals surface area (Å²) >= 11 is 0. The van der Waals surface area contributed by atoms with Gasteiger partial charge in [-0.3, -0.25) is 10.1 Å². The molecule has 0 aliphatic carbocycles. The Hall–Kier alpha value is -3.00. The van der Waals surface area contributed by atoms with Gasteiger partial charge in [-0.1, -0.05) is 30.3 Å². The van der Waals surface area contributed by atoms with Gasteiger partial charge in [0.25, 0.3) is 5.91 Å². The Morgan fingerprint density at radius 1 is 1.04 bits per heavy atom. The Morgan fingerprint density at radius 2 is 1.65 bits per heavy atom. The summed E-state index contributed by atoms with van der Waals surface area (Å²) < 4.78 is 33.3. The van der Waals surface area contributed by atoms with E-state index in [1.807, 2.05) is 30.3 Å². The first kappa shape index (κ1) is 19.3. The lowest BCUT2D eigenvalue weighted by Gasteiger charge is -2.17. The zero-order chi connectivity index (χ0) is 18.9. The third kappa shape index (κ3) is 5.82. The number of alkyl carbamates (subject to hydrolysis) is 1. The summed E-state index contributed by atoms with van der Waals surface area (Å²) in [6, 6.07) is 15.3. The zero-order valence-corrected chi connectivity index (χ0v) is 14.0. The van der Waals surface area contributed by atoms with E-state index in [1.54, 1.807) is 17.4 Å². The van der Waals surface area contributed by atoms with Crippen LogP contribution in [0.15, 0.2) is 54.6 Å². The van der Waals surface area contributed by atoms with Crippen molar-refractivity contribution in [2.24, 2.45) is 0 Å². The van der Waals surface area contributed by atoms with Crippen molar-refractivity contribution in [1.82, 2.24) is 5.32 Å². The second-order valence-corrected chi connectivity index (χ2v) is 5.32. The van der Waals surface area contributed by atoms with Gasteiger partial charge in [-0.05, 0) is 24.3 Å². The quantitative estimate of drug-likeness (QED) is 0.784. The van der Waals surface area contributed by atoms with Crippen molar-refractivity contribution in [2.45, 2.75) is 12.7 Å². The summed E-state index contributed by atoms with van der Waals surface area (Å²) in [4.78, 5) is 22.9. The summed E-state index contributed by atoms with van der Waals surface area (Å²) in [5.74, 6) is -0.450. The number of carbonyl (C=O) groups excluding carboxylic acids is 2. The average Bonchev–Trinajstić information content (AvgIpc) is 2.63. The molecule has 1 atom stereocenters. The second-order valence-electron chi connectivity index (χ2n) is 5.32. The number of nitrogens with one attached hydrogen (secondary N) is 1. The van der Waals surface area contributed by atoms with Crippen molar-refractivity contribution >= 4 is 12.0 Å². The van der Waals surface area contributed by atoms with Crippen LogP contribution >= 0.6 is 0 Å². The Morgan fingerprint density at radius 3 is 2.23 bits per heavy atom. The third-order valence-corrected chi connectivity index (χ3v) is 3.59. The molecule has 2 aromatic carbocycles. The first-order chi connectivity index (χ1) is 12.5. The Labute approximate surface area is 149 Å². The van der Waals surface area contributed by atoms with Gasteiger partial charge in [0, 0.05) is 11.1 Å². The molecule has 0 spiro atoms. The molecular weight excluding hydrogens is 346 g/mol. The summed E-state index contributed by atoms with van der Waals surface area (Å²) in [7, 11) is 1.17. The fraction of sp³-hybridized carbons (Fsp3) is 0.222. The van der Waals surface area contributed by atoms with Crippen LogP contribution < -0.4 is 15.4 Å². The van der Waals surface area contributed by atoms with Crippen LogP contribution in [0.2, 0.25) is 0 Å². The molecule has 2 amide bonds. The fourth-order valence-corrected chi connectivity index (χ4v) is 2.42. The lowest BCUT2D eigenvalue weighted by atomic mass is 9.98. The summed E-state index contributed by atoms with van der Waals surface area (Å²) in [5, 5.41) is 3.82. The minimum absolute atomic E-state index is 0.0239. The first-order valence-electron chi connectivity index (χ1n) is 7.80. The number of quaternary nitrogens is 1. The predicted octanol–water partition coefficient (Wildman–Crippen LogP) is 1.82. The molecule has 0 bridgehead atoms. The smallest absolute Gasteiger partial charge is 0.413 e. The standard InChI is InChI=1S/C18H18F2N2O4/c1-25-18(24)22-15(23)11-21-16(12-5-3-2-4-6-12)13-7-9-14(10-8-13)26-17(19)20/h2-10,16-17,21H,11H2,1H3,(H,22,23,24)/p+1/t16-/m0/s1. The van der Waals surface area contributed by atoms with E-state index < -0.39 is 18.6 Å². The average molecular weight is 365 g/mol. The maximum atomic E-state index is 12.3. The van der Waals surface area contributed by atoms with Crippen LogP contribution in [0.1, 0.15) is 17.2 Å². The highest BCUT2D eigenvalue weighted by Crippen LogP contribution is 2.22. The van der Waals surface area contributed by atoms with Crippen LogP contribution in [-0.4, -0.2) is 32.3 Å². The van der Waals surface area contributed by atoms with Crippen LogP contribution in [0.5, 0.6) is 5.75 Å². The van der Waals surface area contributed by atoms with Gasteiger partial charge < -0.3 is 14.8 Å². The fourth-order valence-electron chi connectivity index (χ4n) is 2.42. The number of alkyl halides is 2. The number of ether oxygens (including phenoxy) is 2. The monoisotopic (exact) mass is 365 g/mol. The van der Waals surface area contributed by atoms with E-state index in [0.717, 1.165) is 11.1 Å². The van der Waals surface area contributed by atoms with Gasteiger partial charge in [0.05, 0.1) is 7.11 Å². The number of imide groups is 1. The van der Waals surface area contributed by atoms with E-state index in [4.69, 9.17) is 0 Å². The number of carbonyl (C=O) groups is 2. The summed E-state index contributed by atoms with van der Waals surface area (Å²) in [6.07, 6.45) is -0.826. The number of methoxy groups -OCH3 is 1. The maximum absolute atomic E-state index is 12.3. The van der Waals surface area contributed by atoms with Crippen molar-refractivity contribution in [3.63, 3.8) is 0 Å². The molecule has 138 valence electrons. The van der Waals surface area contributed by atoms with E-state index >= 15 is 0 Å².